The summed E-state index contributed by atoms with van der Waals surface area (Å²) >= 11 is 6.43. The minimum atomic E-state index is -0.382. The maximum absolute atomic E-state index is 12.2. The number of aromatic nitrogens is 1. The Morgan fingerprint density at radius 2 is 1.87 bits per heavy atom. The number of nitrogens with zero attached hydrogens (tertiary/aromatic N) is 2. The molecule has 0 spiro atoms. The molecule has 3 rings (SSSR count). The van der Waals surface area contributed by atoms with Crippen molar-refractivity contribution in [2.24, 2.45) is 0 Å². The molecule has 0 aliphatic heterocycles. The molecule has 0 aliphatic rings. The van der Waals surface area contributed by atoms with E-state index in [0.29, 0.717) is 17.1 Å². The average Bonchev–Trinajstić information content (AvgIpc) is 2.75. The summed E-state index contributed by atoms with van der Waals surface area (Å²) in [4.78, 5) is 18.8. The third-order valence-corrected chi connectivity index (χ3v) is 5.32. The summed E-state index contributed by atoms with van der Waals surface area (Å²) in [7, 11) is 5.03. The number of methoxy groups -OCH3 is 2. The molecule has 2 aromatic carbocycles. The first-order valence-corrected chi connectivity index (χ1v) is 9.92. The van der Waals surface area contributed by atoms with Crippen molar-refractivity contribution in [3.63, 3.8) is 0 Å². The van der Waals surface area contributed by atoms with Gasteiger partial charge in [-0.1, -0.05) is 29.8 Å². The Labute approximate surface area is 182 Å². The van der Waals surface area contributed by atoms with Crippen LogP contribution in [0.2, 0.25) is 5.02 Å². The molecule has 0 N–H and O–H groups in total. The lowest BCUT2D eigenvalue weighted by Gasteiger charge is -2.22. The zero-order valence-corrected chi connectivity index (χ0v) is 18.6. The summed E-state index contributed by atoms with van der Waals surface area (Å²) in [6, 6.07) is 13.1. The van der Waals surface area contributed by atoms with Crippen LogP contribution in [0.4, 0.5) is 5.69 Å². The van der Waals surface area contributed by atoms with Crippen LogP contribution in [0.5, 0.6) is 5.75 Å². The number of carbonyl (C=O) groups is 1. The molecule has 0 unspecified atom stereocenters. The predicted molar refractivity (Wildman–Crippen MR) is 121 cm³/mol. The van der Waals surface area contributed by atoms with Gasteiger partial charge in [0.05, 0.1) is 32.0 Å². The molecule has 0 amide bonds. The number of esters is 1. The number of hydrogen-bond acceptors (Lipinski definition) is 5. The summed E-state index contributed by atoms with van der Waals surface area (Å²) in [5, 5.41) is 0.584. The molecule has 0 saturated heterocycles. The number of anilines is 1. The highest BCUT2D eigenvalue weighted by atomic mass is 35.5. The summed E-state index contributed by atoms with van der Waals surface area (Å²) in [5.74, 6) is 0.472. The molecule has 0 fully saturated rings. The van der Waals surface area contributed by atoms with Crippen LogP contribution < -0.4 is 9.64 Å². The number of rotatable bonds is 6. The molecule has 156 valence electrons. The van der Waals surface area contributed by atoms with Gasteiger partial charge in [-0.2, -0.15) is 0 Å². The second-order valence-electron chi connectivity index (χ2n) is 7.14. The van der Waals surface area contributed by atoms with Crippen molar-refractivity contribution in [1.82, 2.24) is 4.98 Å². The third-order valence-electron chi connectivity index (χ3n) is 5.10. The third kappa shape index (κ3) is 4.41. The van der Waals surface area contributed by atoms with Crippen molar-refractivity contribution in [3.05, 3.63) is 76.1 Å². The van der Waals surface area contributed by atoms with E-state index >= 15 is 0 Å². The lowest BCUT2D eigenvalue weighted by Crippen LogP contribution is -2.18. The lowest BCUT2D eigenvalue weighted by molar-refractivity contribution is 0.0601. The number of hydrogen-bond donors (Lipinski definition) is 0. The second-order valence-corrected chi connectivity index (χ2v) is 7.57. The van der Waals surface area contributed by atoms with Gasteiger partial charge in [0.25, 0.3) is 0 Å². The normalized spacial score (nSPS) is 10.6. The Morgan fingerprint density at radius 1 is 1.13 bits per heavy atom. The van der Waals surface area contributed by atoms with E-state index in [2.05, 4.69) is 9.88 Å². The van der Waals surface area contributed by atoms with Gasteiger partial charge >= 0.3 is 5.97 Å². The smallest absolute Gasteiger partial charge is 0.338 e. The first-order valence-electron chi connectivity index (χ1n) is 9.54. The quantitative estimate of drug-likeness (QED) is 0.492. The summed E-state index contributed by atoms with van der Waals surface area (Å²) in [6.07, 6.45) is 1.82. The summed E-state index contributed by atoms with van der Waals surface area (Å²) < 4.78 is 10.5. The Kier molecular flexibility index (Phi) is 6.63. The van der Waals surface area contributed by atoms with Gasteiger partial charge in [-0.15, -0.1) is 0 Å². The standard InChI is InChI=1S/C24H25ClN2O3/c1-15-13-26-22(16(2)23(15)29-4)14-27(3)19-11-17(10-18(25)12-19)20-8-6-7-9-21(20)24(28)30-5/h6-13H,14H2,1-5H3. The van der Waals surface area contributed by atoms with Crippen molar-refractivity contribution in [3.8, 4) is 16.9 Å². The minimum absolute atomic E-state index is 0.382. The highest BCUT2D eigenvalue weighted by molar-refractivity contribution is 6.31. The van der Waals surface area contributed by atoms with E-state index in [9.17, 15) is 4.79 Å². The Balaban J connectivity index is 1.98. The van der Waals surface area contributed by atoms with Gasteiger partial charge in [0.15, 0.2) is 0 Å². The highest BCUT2D eigenvalue weighted by Gasteiger charge is 2.16. The molecule has 0 aliphatic carbocycles. The molecule has 30 heavy (non-hydrogen) atoms. The molecule has 0 bridgehead atoms. The minimum Gasteiger partial charge on any atom is -0.496 e. The number of ether oxygens (including phenoxy) is 2. The average molecular weight is 425 g/mol. The van der Waals surface area contributed by atoms with Crippen LogP contribution >= 0.6 is 11.6 Å². The fraction of sp³-hybridized carbons (Fsp3) is 0.250. The van der Waals surface area contributed by atoms with Gasteiger partial charge in [-0.05, 0) is 49.2 Å². The molecular formula is C24H25ClN2O3. The molecular weight excluding hydrogens is 400 g/mol. The van der Waals surface area contributed by atoms with Crippen LogP contribution in [0.25, 0.3) is 11.1 Å². The predicted octanol–water partition coefficient (Wildman–Crippen LogP) is 5.45. The van der Waals surface area contributed by atoms with E-state index < -0.39 is 0 Å². The second kappa shape index (κ2) is 9.18. The van der Waals surface area contributed by atoms with E-state index in [4.69, 9.17) is 21.1 Å². The van der Waals surface area contributed by atoms with Crippen LogP contribution in [0.3, 0.4) is 0 Å². The number of carbonyl (C=O) groups excluding carboxylic acids is 1. The van der Waals surface area contributed by atoms with Crippen LogP contribution in [0, 0.1) is 13.8 Å². The molecule has 0 saturated carbocycles. The van der Waals surface area contributed by atoms with Crippen molar-refractivity contribution in [1.29, 1.82) is 0 Å². The maximum atomic E-state index is 12.2. The van der Waals surface area contributed by atoms with Gasteiger partial charge in [0.1, 0.15) is 5.75 Å². The van der Waals surface area contributed by atoms with Crippen LogP contribution in [-0.4, -0.2) is 32.2 Å². The molecule has 6 heteroatoms. The molecule has 1 aromatic heterocycles. The fourth-order valence-corrected chi connectivity index (χ4v) is 3.75. The van der Waals surface area contributed by atoms with E-state index in [1.165, 1.54) is 7.11 Å². The maximum Gasteiger partial charge on any atom is 0.338 e. The SMILES string of the molecule is COC(=O)c1ccccc1-c1cc(Cl)cc(N(C)Cc2ncc(C)c(OC)c2C)c1. The largest absolute Gasteiger partial charge is 0.496 e. The zero-order valence-electron chi connectivity index (χ0n) is 17.8. The van der Waals surface area contributed by atoms with E-state index in [1.54, 1.807) is 13.2 Å². The fourth-order valence-electron chi connectivity index (χ4n) is 3.52. The summed E-state index contributed by atoms with van der Waals surface area (Å²) in [5.41, 5.74) is 5.98. The van der Waals surface area contributed by atoms with E-state index in [-0.39, 0.29) is 5.97 Å². The van der Waals surface area contributed by atoms with E-state index in [0.717, 1.165) is 39.4 Å². The topological polar surface area (TPSA) is 51.7 Å². The van der Waals surface area contributed by atoms with Gasteiger partial charge < -0.3 is 14.4 Å². The van der Waals surface area contributed by atoms with Crippen molar-refractivity contribution in [2.45, 2.75) is 20.4 Å². The molecule has 1 heterocycles. The zero-order chi connectivity index (χ0) is 21.8. The van der Waals surface area contributed by atoms with Crippen LogP contribution in [0.1, 0.15) is 27.2 Å². The highest BCUT2D eigenvalue weighted by Crippen LogP contribution is 2.32. The number of pyridine rings is 1. The van der Waals surface area contributed by atoms with Crippen molar-refractivity contribution in [2.75, 3.05) is 26.2 Å². The van der Waals surface area contributed by atoms with E-state index in [1.807, 2.05) is 63.5 Å². The molecule has 0 atom stereocenters. The number of benzene rings is 2. The Hall–Kier alpha value is -3.05. The van der Waals surface area contributed by atoms with Gasteiger partial charge in [0, 0.05) is 35.1 Å². The van der Waals surface area contributed by atoms with Crippen molar-refractivity contribution < 1.29 is 14.3 Å². The monoisotopic (exact) mass is 424 g/mol. The number of halogens is 1. The lowest BCUT2D eigenvalue weighted by atomic mass is 9.99. The Bertz CT molecular complexity index is 1080. The van der Waals surface area contributed by atoms with Crippen molar-refractivity contribution >= 4 is 23.3 Å². The first-order chi connectivity index (χ1) is 14.3. The molecule has 3 aromatic rings. The van der Waals surface area contributed by atoms with Crippen LogP contribution in [-0.2, 0) is 11.3 Å². The van der Waals surface area contributed by atoms with Crippen LogP contribution in [0.15, 0.2) is 48.7 Å². The Morgan fingerprint density at radius 3 is 2.57 bits per heavy atom. The van der Waals surface area contributed by atoms with Gasteiger partial charge in [-0.25, -0.2) is 4.79 Å². The summed E-state index contributed by atoms with van der Waals surface area (Å²) in [6.45, 7) is 4.58. The van der Waals surface area contributed by atoms with Gasteiger partial charge in [0.2, 0.25) is 0 Å². The number of aryl methyl sites for hydroxylation is 1. The molecule has 0 radical (unpaired) electrons. The first kappa shape index (κ1) is 21.7. The molecule has 5 nitrogen and oxygen atoms in total. The van der Waals surface area contributed by atoms with Gasteiger partial charge in [-0.3, -0.25) is 4.98 Å².